The van der Waals surface area contributed by atoms with Gasteiger partial charge in [0.1, 0.15) is 11.7 Å². The Labute approximate surface area is 208 Å². The highest BCUT2D eigenvalue weighted by atomic mass is 16.5. The van der Waals surface area contributed by atoms with Gasteiger partial charge in [-0.25, -0.2) is 4.98 Å². The van der Waals surface area contributed by atoms with Crippen LogP contribution in [0.2, 0.25) is 0 Å². The SMILES string of the molecule is C[C@@H]1CN([C@@H](C)CO)C(=O)c2cc(C#Cc3ccncc3)cnc2O[C@H]1CN(C)CC1CCCC1. The summed E-state index contributed by atoms with van der Waals surface area (Å²) in [6, 6.07) is 5.12. The summed E-state index contributed by atoms with van der Waals surface area (Å²) in [5.41, 5.74) is 1.86. The second-order valence-electron chi connectivity index (χ2n) is 10.1. The van der Waals surface area contributed by atoms with Crippen molar-refractivity contribution in [1.29, 1.82) is 0 Å². The van der Waals surface area contributed by atoms with Crippen LogP contribution in [0.4, 0.5) is 0 Å². The molecule has 7 heteroatoms. The number of carbonyl (C=O) groups excluding carboxylic acids is 1. The Morgan fingerprint density at radius 2 is 1.91 bits per heavy atom. The quantitative estimate of drug-likeness (QED) is 0.645. The molecule has 2 aromatic heterocycles. The van der Waals surface area contributed by atoms with Gasteiger partial charge in [0, 0.05) is 55.3 Å². The Kier molecular flexibility index (Phi) is 8.37. The van der Waals surface area contributed by atoms with Crippen molar-refractivity contribution in [2.24, 2.45) is 11.8 Å². The zero-order chi connectivity index (χ0) is 24.8. The molecule has 0 unspecified atom stereocenters. The lowest BCUT2D eigenvalue weighted by atomic mass is 9.99. The standard InChI is InChI=1S/C28H36N4O3/c1-20-16-32(21(2)19-33)28(34)25-14-24(9-8-22-10-12-29-13-11-22)15-30-27(25)35-26(20)18-31(3)17-23-6-4-5-7-23/h10-15,20-21,23,26,33H,4-7,16-19H2,1-3H3/t20-,21+,26+/m1/s1. The molecule has 7 nitrogen and oxygen atoms in total. The minimum Gasteiger partial charge on any atom is -0.472 e. The lowest BCUT2D eigenvalue weighted by Gasteiger charge is -2.38. The Morgan fingerprint density at radius 3 is 2.63 bits per heavy atom. The minimum atomic E-state index is -0.306. The molecular formula is C28H36N4O3. The number of amides is 1. The number of aliphatic hydroxyl groups is 1. The molecule has 35 heavy (non-hydrogen) atoms. The van der Waals surface area contributed by atoms with Gasteiger partial charge in [0.15, 0.2) is 0 Å². The largest absolute Gasteiger partial charge is 0.472 e. The van der Waals surface area contributed by atoms with Crippen molar-refractivity contribution in [3.05, 3.63) is 53.5 Å². The first-order valence-electron chi connectivity index (χ1n) is 12.6. The van der Waals surface area contributed by atoms with Crippen LogP contribution >= 0.6 is 0 Å². The first-order valence-corrected chi connectivity index (χ1v) is 12.6. The van der Waals surface area contributed by atoms with Crippen molar-refractivity contribution in [2.75, 3.05) is 33.3 Å². The van der Waals surface area contributed by atoms with E-state index in [1.54, 1.807) is 29.6 Å². The highest BCUT2D eigenvalue weighted by molar-refractivity contribution is 5.97. The summed E-state index contributed by atoms with van der Waals surface area (Å²) in [7, 11) is 2.15. The maximum atomic E-state index is 13.5. The molecule has 0 radical (unpaired) electrons. The average molecular weight is 477 g/mol. The molecule has 1 saturated carbocycles. The summed E-state index contributed by atoms with van der Waals surface area (Å²) in [6.07, 6.45) is 10.2. The molecule has 0 spiro atoms. The molecule has 3 heterocycles. The number of aromatic nitrogens is 2. The van der Waals surface area contributed by atoms with Gasteiger partial charge in [-0.15, -0.1) is 0 Å². The van der Waals surface area contributed by atoms with Crippen LogP contribution in [0.3, 0.4) is 0 Å². The molecular weight excluding hydrogens is 440 g/mol. The van der Waals surface area contributed by atoms with Gasteiger partial charge in [-0.2, -0.15) is 0 Å². The predicted molar refractivity (Wildman–Crippen MR) is 135 cm³/mol. The van der Waals surface area contributed by atoms with Crippen LogP contribution in [0.1, 0.15) is 61.0 Å². The van der Waals surface area contributed by atoms with E-state index in [0.29, 0.717) is 23.6 Å². The van der Waals surface area contributed by atoms with E-state index in [1.807, 2.05) is 19.1 Å². The van der Waals surface area contributed by atoms with E-state index < -0.39 is 0 Å². The molecule has 2 aliphatic rings. The average Bonchev–Trinajstić information content (AvgIpc) is 3.38. The first kappa shape index (κ1) is 25.2. The van der Waals surface area contributed by atoms with Gasteiger partial charge in [0.25, 0.3) is 5.91 Å². The summed E-state index contributed by atoms with van der Waals surface area (Å²) >= 11 is 0. The van der Waals surface area contributed by atoms with Gasteiger partial charge in [-0.05, 0) is 50.9 Å². The zero-order valence-electron chi connectivity index (χ0n) is 21.0. The second kappa shape index (κ2) is 11.7. The highest BCUT2D eigenvalue weighted by Crippen LogP contribution is 2.29. The van der Waals surface area contributed by atoms with E-state index in [4.69, 9.17) is 4.74 Å². The fourth-order valence-corrected chi connectivity index (χ4v) is 4.98. The number of pyridine rings is 2. The van der Waals surface area contributed by atoms with Crippen LogP contribution in [0.15, 0.2) is 36.8 Å². The molecule has 0 bridgehead atoms. The molecule has 1 amide bonds. The summed E-state index contributed by atoms with van der Waals surface area (Å²) in [5, 5.41) is 9.86. The van der Waals surface area contributed by atoms with E-state index in [9.17, 15) is 9.90 Å². The number of ether oxygens (including phenoxy) is 1. The van der Waals surface area contributed by atoms with Crippen molar-refractivity contribution >= 4 is 5.91 Å². The van der Waals surface area contributed by atoms with E-state index in [0.717, 1.165) is 24.6 Å². The Morgan fingerprint density at radius 1 is 1.20 bits per heavy atom. The topological polar surface area (TPSA) is 78.8 Å². The van der Waals surface area contributed by atoms with Crippen LogP contribution in [0, 0.1) is 23.7 Å². The van der Waals surface area contributed by atoms with Crippen molar-refractivity contribution in [3.63, 3.8) is 0 Å². The van der Waals surface area contributed by atoms with Crippen LogP contribution in [0.25, 0.3) is 0 Å². The summed E-state index contributed by atoms with van der Waals surface area (Å²) < 4.78 is 6.42. The van der Waals surface area contributed by atoms with Crippen molar-refractivity contribution < 1.29 is 14.6 Å². The minimum absolute atomic E-state index is 0.0834. The Balaban J connectivity index is 1.61. The molecule has 4 rings (SSSR count). The summed E-state index contributed by atoms with van der Waals surface area (Å²) in [5.74, 6) is 7.17. The number of carbonyl (C=O) groups is 1. The van der Waals surface area contributed by atoms with Crippen molar-refractivity contribution in [1.82, 2.24) is 19.8 Å². The highest BCUT2D eigenvalue weighted by Gasteiger charge is 2.34. The number of aliphatic hydroxyl groups excluding tert-OH is 1. The van der Waals surface area contributed by atoms with Gasteiger partial charge in [-0.1, -0.05) is 31.6 Å². The molecule has 3 atom stereocenters. The van der Waals surface area contributed by atoms with E-state index in [2.05, 4.69) is 40.7 Å². The van der Waals surface area contributed by atoms with Gasteiger partial charge in [0.2, 0.25) is 5.88 Å². The molecule has 186 valence electrons. The van der Waals surface area contributed by atoms with Crippen LogP contribution in [-0.4, -0.2) is 76.2 Å². The smallest absolute Gasteiger partial charge is 0.259 e. The monoisotopic (exact) mass is 476 g/mol. The third kappa shape index (κ3) is 6.39. The summed E-state index contributed by atoms with van der Waals surface area (Å²) in [6.45, 7) is 6.21. The molecule has 2 aromatic rings. The van der Waals surface area contributed by atoms with E-state index in [-0.39, 0.29) is 30.6 Å². The van der Waals surface area contributed by atoms with Crippen LogP contribution in [0.5, 0.6) is 5.88 Å². The number of rotatable bonds is 6. The molecule has 0 saturated heterocycles. The van der Waals surface area contributed by atoms with Crippen molar-refractivity contribution in [3.8, 4) is 17.7 Å². The van der Waals surface area contributed by atoms with Crippen molar-refractivity contribution in [2.45, 2.75) is 51.7 Å². The molecule has 1 aliphatic heterocycles. The Hall–Kier alpha value is -2.95. The number of hydrogen-bond acceptors (Lipinski definition) is 6. The number of nitrogens with zero attached hydrogens (tertiary/aromatic N) is 4. The molecule has 1 N–H and O–H groups in total. The van der Waals surface area contributed by atoms with Crippen LogP contribution < -0.4 is 4.74 Å². The van der Waals surface area contributed by atoms with E-state index in [1.165, 1.54) is 25.7 Å². The number of fused-ring (bicyclic) bond motifs is 1. The van der Waals surface area contributed by atoms with Gasteiger partial charge < -0.3 is 19.6 Å². The van der Waals surface area contributed by atoms with Gasteiger partial charge in [-0.3, -0.25) is 9.78 Å². The maximum absolute atomic E-state index is 13.5. The number of hydrogen-bond donors (Lipinski definition) is 1. The normalized spacial score (nSPS) is 21.5. The third-order valence-corrected chi connectivity index (χ3v) is 7.09. The number of likely N-dealkylation sites (N-methyl/N-ethyl adjacent to an activating group) is 1. The fourth-order valence-electron chi connectivity index (χ4n) is 4.98. The predicted octanol–water partition coefficient (Wildman–Crippen LogP) is 3.22. The fraction of sp³-hybridized carbons (Fsp3) is 0.536. The second-order valence-corrected chi connectivity index (χ2v) is 10.1. The van der Waals surface area contributed by atoms with Gasteiger partial charge in [0.05, 0.1) is 12.6 Å². The third-order valence-electron chi connectivity index (χ3n) is 7.09. The molecule has 1 fully saturated rings. The Bertz CT molecular complexity index is 1060. The van der Waals surface area contributed by atoms with Crippen LogP contribution in [-0.2, 0) is 0 Å². The van der Waals surface area contributed by atoms with Gasteiger partial charge >= 0.3 is 0 Å². The zero-order valence-corrected chi connectivity index (χ0v) is 21.0. The maximum Gasteiger partial charge on any atom is 0.259 e. The molecule has 0 aromatic carbocycles. The van der Waals surface area contributed by atoms with E-state index >= 15 is 0 Å². The lowest BCUT2D eigenvalue weighted by molar-refractivity contribution is 0.0320. The first-order chi connectivity index (χ1) is 16.9. The lowest BCUT2D eigenvalue weighted by Crippen LogP contribution is -2.50. The summed E-state index contributed by atoms with van der Waals surface area (Å²) in [4.78, 5) is 26.2. The molecule has 1 aliphatic carbocycles.